The van der Waals surface area contributed by atoms with Gasteiger partial charge in [0.15, 0.2) is 5.17 Å². The Hall–Kier alpha value is -2.52. The highest BCUT2D eigenvalue weighted by Gasteiger charge is 2.54. The fourth-order valence-corrected chi connectivity index (χ4v) is 4.71. The van der Waals surface area contributed by atoms with Gasteiger partial charge in [-0.3, -0.25) is 9.78 Å². The van der Waals surface area contributed by atoms with E-state index < -0.39 is 30.0 Å². The number of amidine groups is 1. The number of rotatable bonds is 4. The van der Waals surface area contributed by atoms with Crippen molar-refractivity contribution in [2.75, 3.05) is 24.4 Å². The predicted octanol–water partition coefficient (Wildman–Crippen LogP) is 2.71. The number of benzene rings is 1. The molecular formula is C19H18F2N4O2S. The number of nitrogens with one attached hydrogen (secondary N) is 1. The van der Waals surface area contributed by atoms with Crippen molar-refractivity contribution in [2.24, 2.45) is 16.6 Å². The zero-order chi connectivity index (χ0) is 19.7. The van der Waals surface area contributed by atoms with Crippen molar-refractivity contribution in [2.45, 2.75) is 11.6 Å². The molecule has 3 heterocycles. The minimum atomic E-state index is -1.11. The molecule has 3 atom stereocenters. The molecule has 0 bridgehead atoms. The van der Waals surface area contributed by atoms with Crippen molar-refractivity contribution in [1.82, 2.24) is 4.98 Å². The van der Waals surface area contributed by atoms with E-state index >= 15 is 0 Å². The quantitative estimate of drug-likeness (QED) is 0.818. The molecule has 146 valence electrons. The van der Waals surface area contributed by atoms with Gasteiger partial charge in [0.2, 0.25) is 0 Å². The Morgan fingerprint density at radius 2 is 2.25 bits per heavy atom. The largest absolute Gasteiger partial charge is 0.379 e. The lowest BCUT2D eigenvalue weighted by Gasteiger charge is -2.35. The summed E-state index contributed by atoms with van der Waals surface area (Å²) in [6.07, 6.45) is 0.842. The van der Waals surface area contributed by atoms with Crippen LogP contribution in [0.3, 0.4) is 0 Å². The lowest BCUT2D eigenvalue weighted by molar-refractivity contribution is 0.0721. The monoisotopic (exact) mass is 404 g/mol. The van der Waals surface area contributed by atoms with Crippen LogP contribution in [-0.2, 0) is 10.3 Å². The molecule has 0 saturated carbocycles. The van der Waals surface area contributed by atoms with Crippen LogP contribution in [0, 0.1) is 11.7 Å². The minimum absolute atomic E-state index is 0.0298. The summed E-state index contributed by atoms with van der Waals surface area (Å²) in [5.74, 6) is -0.800. The standard InChI is InChI=1S/C19H18F2N4O2S/c20-8-16-13-9-28-18(22)25-19(13,10-27-16)12-7-11(4-5-14(12)21)24-17(26)15-3-1-2-6-23-15/h1-7,13,16H,8-10H2,(H2,22,25)(H,24,26)/t13-,16-,19?/m1/s1. The molecule has 9 heteroatoms. The van der Waals surface area contributed by atoms with Gasteiger partial charge < -0.3 is 15.8 Å². The molecule has 0 radical (unpaired) electrons. The van der Waals surface area contributed by atoms with E-state index in [9.17, 15) is 13.6 Å². The van der Waals surface area contributed by atoms with Crippen molar-refractivity contribution in [1.29, 1.82) is 0 Å². The Balaban J connectivity index is 1.70. The van der Waals surface area contributed by atoms with Gasteiger partial charge in [-0.25, -0.2) is 13.8 Å². The molecule has 1 aromatic heterocycles. The van der Waals surface area contributed by atoms with Crippen LogP contribution in [0.15, 0.2) is 47.6 Å². The van der Waals surface area contributed by atoms with Crippen molar-refractivity contribution in [3.8, 4) is 0 Å². The lowest BCUT2D eigenvalue weighted by atomic mass is 9.79. The van der Waals surface area contributed by atoms with E-state index in [4.69, 9.17) is 10.5 Å². The van der Waals surface area contributed by atoms with Gasteiger partial charge in [-0.2, -0.15) is 0 Å². The summed E-state index contributed by atoms with van der Waals surface area (Å²) in [5.41, 5.74) is 5.65. The first kappa shape index (κ1) is 18.8. The van der Waals surface area contributed by atoms with Crippen molar-refractivity contribution in [3.63, 3.8) is 0 Å². The number of aromatic nitrogens is 1. The van der Waals surface area contributed by atoms with Crippen molar-refractivity contribution < 1.29 is 18.3 Å². The van der Waals surface area contributed by atoms with Crippen LogP contribution in [0.4, 0.5) is 14.5 Å². The Kier molecular flexibility index (Phi) is 5.03. The number of thioether (sulfide) groups is 1. The maximum absolute atomic E-state index is 14.8. The zero-order valence-corrected chi connectivity index (χ0v) is 15.6. The molecule has 2 aliphatic heterocycles. The second kappa shape index (κ2) is 7.48. The number of amides is 1. The molecule has 4 rings (SSSR count). The second-order valence-electron chi connectivity index (χ2n) is 6.66. The molecule has 1 unspecified atom stereocenters. The molecule has 6 nitrogen and oxygen atoms in total. The Labute approximate surface area is 164 Å². The number of pyridine rings is 1. The highest BCUT2D eigenvalue weighted by Crippen LogP contribution is 2.48. The molecule has 0 spiro atoms. The molecule has 1 saturated heterocycles. The van der Waals surface area contributed by atoms with Crippen LogP contribution < -0.4 is 11.1 Å². The number of nitrogens with zero attached hydrogens (tertiary/aromatic N) is 2. The molecule has 2 aromatic rings. The third kappa shape index (κ3) is 3.24. The first-order valence-electron chi connectivity index (χ1n) is 8.71. The number of carbonyl (C=O) groups is 1. The van der Waals surface area contributed by atoms with E-state index in [1.165, 1.54) is 36.2 Å². The average molecular weight is 404 g/mol. The maximum atomic E-state index is 14.8. The number of alkyl halides is 1. The fraction of sp³-hybridized carbons (Fsp3) is 0.316. The molecule has 1 fully saturated rings. The van der Waals surface area contributed by atoms with Gasteiger partial charge in [0.1, 0.15) is 23.7 Å². The number of ether oxygens (including phenoxy) is 1. The summed E-state index contributed by atoms with van der Waals surface area (Å²) >= 11 is 1.31. The first-order chi connectivity index (χ1) is 13.5. The number of hydrogen-bond acceptors (Lipinski definition) is 6. The topological polar surface area (TPSA) is 89.6 Å². The summed E-state index contributed by atoms with van der Waals surface area (Å²) in [6.45, 7) is -0.651. The SMILES string of the molecule is NC1=NC2(c3cc(NC(=O)c4ccccn4)ccc3F)CO[C@H](CF)[C@H]2CS1. The van der Waals surface area contributed by atoms with E-state index in [1.807, 2.05) is 0 Å². The number of fused-ring (bicyclic) bond motifs is 1. The van der Waals surface area contributed by atoms with Crippen LogP contribution in [0.2, 0.25) is 0 Å². The van der Waals surface area contributed by atoms with E-state index in [0.29, 0.717) is 16.6 Å². The van der Waals surface area contributed by atoms with Gasteiger partial charge in [0, 0.05) is 29.1 Å². The maximum Gasteiger partial charge on any atom is 0.274 e. The van der Waals surface area contributed by atoms with Crippen LogP contribution >= 0.6 is 11.8 Å². The molecule has 2 aliphatic rings. The Morgan fingerprint density at radius 3 is 3.00 bits per heavy atom. The molecule has 0 aliphatic carbocycles. The number of hydrogen-bond donors (Lipinski definition) is 2. The molecule has 3 N–H and O–H groups in total. The number of nitrogens with two attached hydrogens (primary N) is 1. The van der Waals surface area contributed by atoms with Crippen LogP contribution in [0.1, 0.15) is 16.1 Å². The third-order valence-corrected chi connectivity index (χ3v) is 5.95. The number of halogens is 2. The summed E-state index contributed by atoms with van der Waals surface area (Å²) in [6, 6.07) is 9.21. The van der Waals surface area contributed by atoms with E-state index in [1.54, 1.807) is 18.2 Å². The van der Waals surface area contributed by atoms with E-state index in [0.717, 1.165) is 0 Å². The summed E-state index contributed by atoms with van der Waals surface area (Å²) in [4.78, 5) is 20.9. The van der Waals surface area contributed by atoms with Crippen LogP contribution in [-0.4, -0.2) is 41.2 Å². The Bertz CT molecular complexity index is 927. The smallest absolute Gasteiger partial charge is 0.274 e. The molecule has 1 aromatic carbocycles. The minimum Gasteiger partial charge on any atom is -0.379 e. The highest BCUT2D eigenvalue weighted by molar-refractivity contribution is 8.13. The predicted molar refractivity (Wildman–Crippen MR) is 104 cm³/mol. The van der Waals surface area contributed by atoms with Crippen LogP contribution in [0.25, 0.3) is 0 Å². The number of aliphatic imine (C=N–C) groups is 1. The zero-order valence-electron chi connectivity index (χ0n) is 14.8. The van der Waals surface area contributed by atoms with Gasteiger partial charge >= 0.3 is 0 Å². The second-order valence-corrected chi connectivity index (χ2v) is 7.70. The van der Waals surface area contributed by atoms with Crippen LogP contribution in [0.5, 0.6) is 0 Å². The van der Waals surface area contributed by atoms with E-state index in [-0.39, 0.29) is 23.8 Å². The molecule has 1 amide bonds. The summed E-state index contributed by atoms with van der Waals surface area (Å²) < 4.78 is 33.8. The lowest BCUT2D eigenvalue weighted by Crippen LogP contribution is -2.42. The molecule has 28 heavy (non-hydrogen) atoms. The molecular weight excluding hydrogens is 386 g/mol. The normalized spacial score (nSPS) is 26.4. The average Bonchev–Trinajstić information content (AvgIpc) is 3.08. The van der Waals surface area contributed by atoms with E-state index in [2.05, 4.69) is 15.3 Å². The number of carbonyl (C=O) groups excluding carboxylic acids is 1. The van der Waals surface area contributed by atoms with Gasteiger partial charge in [-0.15, -0.1) is 0 Å². The van der Waals surface area contributed by atoms with Gasteiger partial charge in [0.25, 0.3) is 5.91 Å². The van der Waals surface area contributed by atoms with Gasteiger partial charge in [0.05, 0.1) is 12.7 Å². The van der Waals surface area contributed by atoms with Gasteiger partial charge in [-0.05, 0) is 30.3 Å². The number of anilines is 1. The van der Waals surface area contributed by atoms with Crippen molar-refractivity contribution >= 4 is 28.5 Å². The highest BCUT2D eigenvalue weighted by atomic mass is 32.2. The first-order valence-corrected chi connectivity index (χ1v) is 9.70. The summed E-state index contributed by atoms with van der Waals surface area (Å²) in [5, 5.41) is 3.02. The van der Waals surface area contributed by atoms with Crippen molar-refractivity contribution in [3.05, 3.63) is 59.7 Å². The Morgan fingerprint density at radius 1 is 1.39 bits per heavy atom. The third-order valence-electron chi connectivity index (χ3n) is 5.04. The summed E-state index contributed by atoms with van der Waals surface area (Å²) in [7, 11) is 0. The van der Waals surface area contributed by atoms with Gasteiger partial charge in [-0.1, -0.05) is 17.8 Å². The fourth-order valence-electron chi connectivity index (χ4n) is 3.65.